The summed E-state index contributed by atoms with van der Waals surface area (Å²) in [5, 5.41) is 0. The van der Waals surface area contributed by atoms with Gasteiger partial charge in [-0.3, -0.25) is 9.59 Å². The molecule has 0 heterocycles. The normalized spacial score (nSPS) is 31.3. The number of hydrogen-bond donors (Lipinski definition) is 0. The summed E-state index contributed by atoms with van der Waals surface area (Å²) in [5.74, 6) is 0.453. The Morgan fingerprint density at radius 3 is 2.83 bits per heavy atom. The van der Waals surface area contributed by atoms with E-state index in [1.807, 2.05) is 13.0 Å². The van der Waals surface area contributed by atoms with Crippen molar-refractivity contribution in [1.29, 1.82) is 0 Å². The van der Waals surface area contributed by atoms with E-state index in [9.17, 15) is 9.59 Å². The largest absolute Gasteiger partial charge is 0.431 e. The molecule has 0 aliphatic heterocycles. The molecule has 0 spiro atoms. The van der Waals surface area contributed by atoms with Gasteiger partial charge in [0.1, 0.15) is 5.76 Å². The summed E-state index contributed by atoms with van der Waals surface area (Å²) in [6.45, 7) is 3.31. The molecule has 0 fully saturated rings. The number of hydrogen-bond acceptors (Lipinski definition) is 4. The predicted octanol–water partition coefficient (Wildman–Crippen LogP) is 2.15. The van der Waals surface area contributed by atoms with Crippen molar-refractivity contribution in [3.05, 3.63) is 23.5 Å². The summed E-state index contributed by atoms with van der Waals surface area (Å²) < 4.78 is 10.9. The van der Waals surface area contributed by atoms with Gasteiger partial charge in [0.05, 0.1) is 5.60 Å². The lowest BCUT2D eigenvalue weighted by Crippen LogP contribution is -2.45. The van der Waals surface area contributed by atoms with Gasteiger partial charge >= 0.3 is 5.97 Å². The lowest BCUT2D eigenvalue weighted by Gasteiger charge is -2.43. The Morgan fingerprint density at radius 1 is 1.50 bits per heavy atom. The first-order valence-corrected chi connectivity index (χ1v) is 6.14. The van der Waals surface area contributed by atoms with Crippen molar-refractivity contribution < 1.29 is 19.1 Å². The number of ketones is 1. The quantitative estimate of drug-likeness (QED) is 0.705. The van der Waals surface area contributed by atoms with Gasteiger partial charge in [0.2, 0.25) is 0 Å². The van der Waals surface area contributed by atoms with Crippen LogP contribution in [0.2, 0.25) is 0 Å². The summed E-state index contributed by atoms with van der Waals surface area (Å²) in [7, 11) is 1.66. The van der Waals surface area contributed by atoms with Crippen LogP contribution in [-0.2, 0) is 19.1 Å². The first-order valence-electron chi connectivity index (χ1n) is 6.14. The number of carbonyl (C=O) groups excluding carboxylic acids is 2. The highest BCUT2D eigenvalue weighted by molar-refractivity contribution is 5.91. The molecule has 2 aliphatic rings. The monoisotopic (exact) mass is 250 g/mol. The van der Waals surface area contributed by atoms with Crippen LogP contribution in [0.4, 0.5) is 0 Å². The number of fused-ring (bicyclic) bond motifs is 1. The Hall–Kier alpha value is -1.42. The summed E-state index contributed by atoms with van der Waals surface area (Å²) in [6.07, 6.45) is 5.27. The highest BCUT2D eigenvalue weighted by Crippen LogP contribution is 2.45. The molecule has 0 saturated carbocycles. The Bertz CT molecular complexity index is 447. The van der Waals surface area contributed by atoms with Crippen molar-refractivity contribution in [1.82, 2.24) is 0 Å². The summed E-state index contributed by atoms with van der Waals surface area (Å²) >= 11 is 0. The van der Waals surface area contributed by atoms with E-state index >= 15 is 0 Å². The second-order valence-electron chi connectivity index (χ2n) is 4.92. The molecule has 4 nitrogen and oxygen atoms in total. The van der Waals surface area contributed by atoms with Gasteiger partial charge in [-0.05, 0) is 31.1 Å². The maximum absolute atomic E-state index is 11.6. The average Bonchev–Trinajstić information content (AvgIpc) is 2.33. The Kier molecular flexibility index (Phi) is 3.39. The summed E-state index contributed by atoms with van der Waals surface area (Å²) in [6, 6.07) is 0. The minimum atomic E-state index is -0.415. The zero-order valence-electron chi connectivity index (χ0n) is 11.0. The third-order valence-electron chi connectivity index (χ3n) is 3.90. The fraction of sp³-hybridized carbons (Fsp3) is 0.571. The Morgan fingerprint density at radius 2 is 2.22 bits per heavy atom. The third-order valence-corrected chi connectivity index (χ3v) is 3.90. The van der Waals surface area contributed by atoms with E-state index in [0.717, 1.165) is 12.0 Å². The van der Waals surface area contributed by atoms with E-state index < -0.39 is 5.60 Å². The van der Waals surface area contributed by atoms with Gasteiger partial charge < -0.3 is 9.47 Å². The third kappa shape index (κ3) is 2.12. The molecule has 0 aromatic rings. The van der Waals surface area contributed by atoms with Gasteiger partial charge in [-0.2, -0.15) is 0 Å². The molecule has 0 aromatic carbocycles. The number of esters is 1. The van der Waals surface area contributed by atoms with Gasteiger partial charge in [-0.25, -0.2) is 0 Å². The van der Waals surface area contributed by atoms with Crippen LogP contribution in [-0.4, -0.2) is 24.5 Å². The van der Waals surface area contributed by atoms with E-state index in [1.54, 1.807) is 13.2 Å². The maximum atomic E-state index is 11.6. The molecule has 4 heteroatoms. The first-order chi connectivity index (χ1) is 8.48. The number of allylic oxidation sites excluding steroid dienone is 2. The molecular weight excluding hydrogens is 232 g/mol. The minimum Gasteiger partial charge on any atom is -0.431 e. The lowest BCUT2D eigenvalue weighted by atomic mass is 9.69. The van der Waals surface area contributed by atoms with Crippen LogP contribution in [0.5, 0.6) is 0 Å². The molecule has 0 N–H and O–H groups in total. The van der Waals surface area contributed by atoms with Gasteiger partial charge in [-0.1, -0.05) is 0 Å². The SMILES string of the molecule is CO[C@]12C=CC(=O)C[C@H]1C(C)=C(OC(C)=O)CC2. The van der Waals surface area contributed by atoms with E-state index in [1.165, 1.54) is 6.92 Å². The van der Waals surface area contributed by atoms with E-state index in [2.05, 4.69) is 0 Å². The van der Waals surface area contributed by atoms with Crippen LogP contribution >= 0.6 is 0 Å². The topological polar surface area (TPSA) is 52.6 Å². The van der Waals surface area contributed by atoms with E-state index in [4.69, 9.17) is 9.47 Å². The molecular formula is C14H18O4. The predicted molar refractivity (Wildman–Crippen MR) is 65.7 cm³/mol. The first kappa shape index (κ1) is 13.0. The van der Waals surface area contributed by atoms with Crippen molar-refractivity contribution in [3.8, 4) is 0 Å². The molecule has 98 valence electrons. The highest BCUT2D eigenvalue weighted by Gasteiger charge is 2.45. The molecule has 0 radical (unpaired) electrons. The van der Waals surface area contributed by atoms with E-state index in [0.29, 0.717) is 18.6 Å². The van der Waals surface area contributed by atoms with Crippen molar-refractivity contribution in [2.24, 2.45) is 5.92 Å². The molecule has 2 rings (SSSR count). The summed E-state index contributed by atoms with van der Waals surface area (Å²) in [4.78, 5) is 22.6. The Labute approximate surface area is 107 Å². The van der Waals surface area contributed by atoms with Crippen LogP contribution < -0.4 is 0 Å². The van der Waals surface area contributed by atoms with Crippen LogP contribution in [0, 0.1) is 5.92 Å². The number of methoxy groups -OCH3 is 1. The number of ether oxygens (including phenoxy) is 2. The van der Waals surface area contributed by atoms with Crippen LogP contribution in [0.25, 0.3) is 0 Å². The zero-order valence-corrected chi connectivity index (χ0v) is 11.0. The maximum Gasteiger partial charge on any atom is 0.307 e. The second kappa shape index (κ2) is 4.69. The number of rotatable bonds is 2. The molecule has 0 bridgehead atoms. The van der Waals surface area contributed by atoms with Gasteiger partial charge in [0.15, 0.2) is 5.78 Å². The van der Waals surface area contributed by atoms with Gasteiger partial charge in [0, 0.05) is 32.8 Å². The highest BCUT2D eigenvalue weighted by atomic mass is 16.5. The molecule has 2 aliphatic carbocycles. The summed E-state index contributed by atoms with van der Waals surface area (Å²) in [5.41, 5.74) is 0.540. The van der Waals surface area contributed by atoms with Crippen LogP contribution in [0.15, 0.2) is 23.5 Å². The molecule has 0 saturated heterocycles. The fourth-order valence-corrected chi connectivity index (χ4v) is 2.89. The van der Waals surface area contributed by atoms with Crippen molar-refractivity contribution in [3.63, 3.8) is 0 Å². The molecule has 0 unspecified atom stereocenters. The van der Waals surface area contributed by atoms with Crippen LogP contribution in [0.1, 0.15) is 33.1 Å². The Balaban J connectivity index is 2.37. The zero-order chi connectivity index (χ0) is 13.3. The van der Waals surface area contributed by atoms with Crippen molar-refractivity contribution in [2.75, 3.05) is 7.11 Å². The smallest absolute Gasteiger partial charge is 0.307 e. The van der Waals surface area contributed by atoms with Crippen LogP contribution in [0.3, 0.4) is 0 Å². The second-order valence-corrected chi connectivity index (χ2v) is 4.92. The molecule has 2 atom stereocenters. The number of carbonyl (C=O) groups is 2. The van der Waals surface area contributed by atoms with Gasteiger partial charge in [-0.15, -0.1) is 0 Å². The average molecular weight is 250 g/mol. The van der Waals surface area contributed by atoms with Crippen molar-refractivity contribution in [2.45, 2.75) is 38.7 Å². The molecule has 18 heavy (non-hydrogen) atoms. The molecule has 0 aromatic heterocycles. The standard InChI is InChI=1S/C14H18O4/c1-9-12-8-11(16)4-6-14(12,17-3)7-5-13(9)18-10(2)15/h4,6,12H,5,7-8H2,1-3H3/t12-,14-/m0/s1. The minimum absolute atomic E-state index is 0.0249. The van der Waals surface area contributed by atoms with Crippen molar-refractivity contribution >= 4 is 11.8 Å². The lowest BCUT2D eigenvalue weighted by molar-refractivity contribution is -0.138. The van der Waals surface area contributed by atoms with E-state index in [-0.39, 0.29) is 17.7 Å². The van der Waals surface area contributed by atoms with Gasteiger partial charge in [0.25, 0.3) is 0 Å². The molecule has 0 amide bonds. The fourth-order valence-electron chi connectivity index (χ4n) is 2.89.